The van der Waals surface area contributed by atoms with Crippen molar-refractivity contribution in [3.63, 3.8) is 0 Å². The Morgan fingerprint density at radius 1 is 1.18 bits per heavy atom. The lowest BCUT2D eigenvalue weighted by molar-refractivity contribution is 0.0988. The van der Waals surface area contributed by atoms with Gasteiger partial charge in [0.2, 0.25) is 0 Å². The van der Waals surface area contributed by atoms with E-state index >= 15 is 0 Å². The van der Waals surface area contributed by atoms with Crippen molar-refractivity contribution in [2.45, 2.75) is 40.5 Å². The molecule has 0 unspecified atom stereocenters. The molecule has 0 radical (unpaired) electrons. The number of anilines is 1. The van der Waals surface area contributed by atoms with Gasteiger partial charge in [0.15, 0.2) is 5.78 Å². The van der Waals surface area contributed by atoms with Crippen LogP contribution in [0.15, 0.2) is 24.3 Å². The van der Waals surface area contributed by atoms with Gasteiger partial charge in [-0.2, -0.15) is 0 Å². The second kappa shape index (κ2) is 5.85. The highest BCUT2D eigenvalue weighted by Gasteiger charge is 2.09. The van der Waals surface area contributed by atoms with Crippen LogP contribution in [0.3, 0.4) is 0 Å². The number of rotatable bonds is 5. The number of nitrogens with one attached hydrogen (secondary N) is 1. The molecule has 0 spiro atoms. The van der Waals surface area contributed by atoms with Crippen molar-refractivity contribution in [3.05, 3.63) is 29.8 Å². The summed E-state index contributed by atoms with van der Waals surface area (Å²) in [6, 6.07) is 7.74. The predicted molar refractivity (Wildman–Crippen MR) is 73.6 cm³/mol. The van der Waals surface area contributed by atoms with Gasteiger partial charge in [0.1, 0.15) is 0 Å². The van der Waals surface area contributed by atoms with E-state index < -0.39 is 0 Å². The lowest BCUT2D eigenvalue weighted by Gasteiger charge is -2.18. The Kier molecular flexibility index (Phi) is 4.73. The van der Waals surface area contributed by atoms with E-state index in [9.17, 15) is 4.79 Å². The topological polar surface area (TPSA) is 29.1 Å². The zero-order chi connectivity index (χ0) is 12.9. The van der Waals surface area contributed by atoms with Crippen LogP contribution in [0, 0.1) is 5.41 Å². The lowest BCUT2D eigenvalue weighted by atomic mass is 9.92. The summed E-state index contributed by atoms with van der Waals surface area (Å²) in [7, 11) is 0. The second-order valence-electron chi connectivity index (χ2n) is 5.59. The van der Waals surface area contributed by atoms with Crippen LogP contribution < -0.4 is 5.32 Å². The number of carbonyl (C=O) groups excluding carboxylic acids is 1. The first-order valence-electron chi connectivity index (χ1n) is 6.29. The van der Waals surface area contributed by atoms with Crippen LogP contribution in [0.1, 0.15) is 50.9 Å². The molecule has 1 aromatic carbocycles. The Morgan fingerprint density at radius 2 is 1.76 bits per heavy atom. The number of benzene rings is 1. The van der Waals surface area contributed by atoms with Crippen LogP contribution >= 0.6 is 0 Å². The standard InChI is InChI=1S/C15H23NO/c1-5-14(17)12-6-8-13(9-7-12)16-11-10-15(2,3)4/h6-9,16H,5,10-11H2,1-4H3. The van der Waals surface area contributed by atoms with Gasteiger partial charge in [-0.1, -0.05) is 27.7 Å². The van der Waals surface area contributed by atoms with E-state index in [0.717, 1.165) is 24.2 Å². The Bertz CT molecular complexity index is 360. The molecule has 2 nitrogen and oxygen atoms in total. The molecule has 1 rings (SSSR count). The third-order valence-corrected chi connectivity index (χ3v) is 2.73. The van der Waals surface area contributed by atoms with E-state index in [4.69, 9.17) is 0 Å². The smallest absolute Gasteiger partial charge is 0.162 e. The molecular formula is C15H23NO. The summed E-state index contributed by atoms with van der Waals surface area (Å²) in [5.41, 5.74) is 2.24. The van der Waals surface area contributed by atoms with Crippen LogP contribution in [0.2, 0.25) is 0 Å². The average Bonchev–Trinajstić information content (AvgIpc) is 2.27. The highest BCUT2D eigenvalue weighted by atomic mass is 16.1. The van der Waals surface area contributed by atoms with Gasteiger partial charge in [0.05, 0.1) is 0 Å². The van der Waals surface area contributed by atoms with Crippen molar-refractivity contribution in [2.75, 3.05) is 11.9 Å². The first kappa shape index (κ1) is 13.8. The van der Waals surface area contributed by atoms with E-state index in [1.165, 1.54) is 0 Å². The van der Waals surface area contributed by atoms with E-state index in [0.29, 0.717) is 11.8 Å². The maximum Gasteiger partial charge on any atom is 0.162 e. The normalized spacial score (nSPS) is 11.3. The first-order chi connectivity index (χ1) is 7.92. The Morgan fingerprint density at radius 3 is 2.24 bits per heavy atom. The van der Waals surface area contributed by atoms with Gasteiger partial charge < -0.3 is 5.32 Å². The number of hydrogen-bond acceptors (Lipinski definition) is 2. The van der Waals surface area contributed by atoms with Crippen molar-refractivity contribution in [3.8, 4) is 0 Å². The van der Waals surface area contributed by atoms with Gasteiger partial charge in [0, 0.05) is 24.2 Å². The summed E-state index contributed by atoms with van der Waals surface area (Å²) in [4.78, 5) is 11.4. The summed E-state index contributed by atoms with van der Waals surface area (Å²) in [5, 5.41) is 3.37. The van der Waals surface area contributed by atoms with Crippen LogP contribution in [0.4, 0.5) is 5.69 Å². The monoisotopic (exact) mass is 233 g/mol. The maximum atomic E-state index is 11.4. The minimum Gasteiger partial charge on any atom is -0.385 e. The number of ketones is 1. The zero-order valence-corrected chi connectivity index (χ0v) is 11.3. The van der Waals surface area contributed by atoms with Gasteiger partial charge in [0.25, 0.3) is 0 Å². The molecule has 17 heavy (non-hydrogen) atoms. The van der Waals surface area contributed by atoms with Gasteiger partial charge in [-0.25, -0.2) is 0 Å². The van der Waals surface area contributed by atoms with Gasteiger partial charge in [-0.15, -0.1) is 0 Å². The predicted octanol–water partition coefficient (Wildman–Crippen LogP) is 4.13. The van der Waals surface area contributed by atoms with Crippen molar-refractivity contribution in [1.82, 2.24) is 0 Å². The Hall–Kier alpha value is -1.31. The second-order valence-corrected chi connectivity index (χ2v) is 5.59. The molecule has 0 aliphatic rings. The van der Waals surface area contributed by atoms with Crippen molar-refractivity contribution >= 4 is 11.5 Å². The maximum absolute atomic E-state index is 11.4. The largest absolute Gasteiger partial charge is 0.385 e. The van der Waals surface area contributed by atoms with Gasteiger partial charge in [-0.3, -0.25) is 4.79 Å². The van der Waals surface area contributed by atoms with Crippen LogP contribution in [0.25, 0.3) is 0 Å². The van der Waals surface area contributed by atoms with E-state index in [-0.39, 0.29) is 5.78 Å². The van der Waals surface area contributed by atoms with Crippen molar-refractivity contribution in [2.24, 2.45) is 5.41 Å². The van der Waals surface area contributed by atoms with Crippen molar-refractivity contribution in [1.29, 1.82) is 0 Å². The fraction of sp³-hybridized carbons (Fsp3) is 0.533. The highest BCUT2D eigenvalue weighted by Crippen LogP contribution is 2.18. The van der Waals surface area contributed by atoms with Crippen LogP contribution in [-0.4, -0.2) is 12.3 Å². The molecule has 0 aliphatic heterocycles. The zero-order valence-electron chi connectivity index (χ0n) is 11.3. The molecule has 0 fully saturated rings. The number of carbonyl (C=O) groups is 1. The average molecular weight is 233 g/mol. The quantitative estimate of drug-likeness (QED) is 0.775. The van der Waals surface area contributed by atoms with Crippen molar-refractivity contribution < 1.29 is 4.79 Å². The summed E-state index contributed by atoms with van der Waals surface area (Å²) in [5.74, 6) is 0.200. The lowest BCUT2D eigenvalue weighted by Crippen LogP contribution is -2.12. The molecule has 0 atom stereocenters. The molecular weight excluding hydrogens is 210 g/mol. The van der Waals surface area contributed by atoms with E-state index in [1.54, 1.807) is 0 Å². The molecule has 2 heteroatoms. The minimum absolute atomic E-state index is 0.200. The SMILES string of the molecule is CCC(=O)c1ccc(NCCC(C)(C)C)cc1. The van der Waals surface area contributed by atoms with Gasteiger partial charge >= 0.3 is 0 Å². The molecule has 0 saturated heterocycles. The number of hydrogen-bond donors (Lipinski definition) is 1. The summed E-state index contributed by atoms with van der Waals surface area (Å²) in [6.07, 6.45) is 1.69. The molecule has 0 bridgehead atoms. The fourth-order valence-corrected chi connectivity index (χ4v) is 1.56. The molecule has 0 saturated carbocycles. The third-order valence-electron chi connectivity index (χ3n) is 2.73. The van der Waals surface area contributed by atoms with E-state index in [1.807, 2.05) is 31.2 Å². The number of Topliss-reactive ketones (excluding diaryl/α,β-unsaturated/α-hetero) is 1. The molecule has 0 amide bonds. The third kappa shape index (κ3) is 5.03. The molecule has 94 valence electrons. The van der Waals surface area contributed by atoms with Crippen LogP contribution in [-0.2, 0) is 0 Å². The Labute approximate surface area is 104 Å². The minimum atomic E-state index is 0.200. The summed E-state index contributed by atoms with van der Waals surface area (Å²) >= 11 is 0. The molecule has 0 aromatic heterocycles. The molecule has 1 aromatic rings. The molecule has 1 N–H and O–H groups in total. The first-order valence-corrected chi connectivity index (χ1v) is 6.29. The van der Waals surface area contributed by atoms with E-state index in [2.05, 4.69) is 26.1 Å². The summed E-state index contributed by atoms with van der Waals surface area (Å²) in [6.45, 7) is 9.55. The Balaban J connectivity index is 2.49. The molecule has 0 heterocycles. The summed E-state index contributed by atoms with van der Waals surface area (Å²) < 4.78 is 0. The fourth-order valence-electron chi connectivity index (χ4n) is 1.56. The van der Waals surface area contributed by atoms with Crippen LogP contribution in [0.5, 0.6) is 0 Å². The molecule has 0 aliphatic carbocycles. The van der Waals surface area contributed by atoms with Gasteiger partial charge in [-0.05, 0) is 36.1 Å². The highest BCUT2D eigenvalue weighted by molar-refractivity contribution is 5.96.